The first kappa shape index (κ1) is 9.20. The summed E-state index contributed by atoms with van der Waals surface area (Å²) in [4.78, 5) is 10.3. The summed E-state index contributed by atoms with van der Waals surface area (Å²) in [5.74, 6) is 0. The van der Waals surface area contributed by atoms with Gasteiger partial charge in [-0.1, -0.05) is 24.3 Å². The zero-order valence-corrected chi connectivity index (χ0v) is 7.47. The Bertz CT molecular complexity index is 266. The van der Waals surface area contributed by atoms with E-state index in [-0.39, 0.29) is 0 Å². The second-order valence-corrected chi connectivity index (χ2v) is 3.03. The van der Waals surface area contributed by atoms with E-state index < -0.39 is 0 Å². The van der Waals surface area contributed by atoms with E-state index in [1.54, 1.807) is 12.2 Å². The zero-order chi connectivity index (χ0) is 8.97. The molecule has 0 saturated heterocycles. The summed E-state index contributed by atoms with van der Waals surface area (Å²) in [6.45, 7) is 3.53. The SMILES string of the molecule is C=C/C=C(/Cl)C1=C(N=O)CCC1. The molecule has 0 radical (unpaired) electrons. The van der Waals surface area contributed by atoms with Gasteiger partial charge in [0.05, 0.1) is 5.70 Å². The fourth-order valence-corrected chi connectivity index (χ4v) is 1.58. The summed E-state index contributed by atoms with van der Waals surface area (Å²) in [5, 5.41) is 3.54. The lowest BCUT2D eigenvalue weighted by Gasteiger charge is -1.97. The lowest BCUT2D eigenvalue weighted by Crippen LogP contribution is -1.80. The van der Waals surface area contributed by atoms with Gasteiger partial charge in [-0.2, -0.15) is 0 Å². The summed E-state index contributed by atoms with van der Waals surface area (Å²) < 4.78 is 0. The Kier molecular flexibility index (Phi) is 3.23. The molecule has 1 rings (SSSR count). The molecule has 0 bridgehead atoms. The molecule has 0 N–H and O–H groups in total. The van der Waals surface area contributed by atoms with Crippen molar-refractivity contribution in [1.29, 1.82) is 0 Å². The monoisotopic (exact) mass is 183 g/mol. The molecule has 12 heavy (non-hydrogen) atoms. The first-order valence-corrected chi connectivity index (χ1v) is 4.21. The molecule has 0 aliphatic heterocycles. The third-order valence-corrected chi connectivity index (χ3v) is 2.21. The van der Waals surface area contributed by atoms with Crippen molar-refractivity contribution in [3.05, 3.63) is 39.9 Å². The van der Waals surface area contributed by atoms with Gasteiger partial charge in [0.25, 0.3) is 0 Å². The molecule has 0 aromatic heterocycles. The van der Waals surface area contributed by atoms with E-state index in [4.69, 9.17) is 11.6 Å². The molecule has 0 heterocycles. The van der Waals surface area contributed by atoms with Gasteiger partial charge in [-0.15, -0.1) is 4.91 Å². The van der Waals surface area contributed by atoms with Gasteiger partial charge in [-0.3, -0.25) is 0 Å². The maximum Gasteiger partial charge on any atom is 0.0895 e. The Morgan fingerprint density at radius 2 is 2.33 bits per heavy atom. The minimum atomic E-state index is 0.595. The molecule has 0 aromatic carbocycles. The van der Waals surface area contributed by atoms with Gasteiger partial charge in [0, 0.05) is 5.03 Å². The summed E-state index contributed by atoms with van der Waals surface area (Å²) in [5.41, 5.74) is 1.48. The molecule has 2 nitrogen and oxygen atoms in total. The highest BCUT2D eigenvalue weighted by Gasteiger charge is 2.16. The second kappa shape index (κ2) is 4.21. The third kappa shape index (κ3) is 1.83. The van der Waals surface area contributed by atoms with Crippen molar-refractivity contribution in [3.63, 3.8) is 0 Å². The highest BCUT2D eigenvalue weighted by atomic mass is 35.5. The largest absolute Gasteiger partial charge is 0.145 e. The predicted octanol–water partition coefficient (Wildman–Crippen LogP) is 3.50. The number of hydrogen-bond donors (Lipinski definition) is 0. The molecular weight excluding hydrogens is 174 g/mol. The van der Waals surface area contributed by atoms with Crippen LogP contribution in [0.4, 0.5) is 0 Å². The molecule has 0 spiro atoms. The fraction of sp³-hybridized carbons (Fsp3) is 0.333. The lowest BCUT2D eigenvalue weighted by atomic mass is 10.2. The van der Waals surface area contributed by atoms with Crippen LogP contribution in [0.15, 0.2) is 40.2 Å². The summed E-state index contributed by atoms with van der Waals surface area (Å²) in [6, 6.07) is 0. The van der Waals surface area contributed by atoms with E-state index >= 15 is 0 Å². The Morgan fingerprint density at radius 3 is 2.92 bits per heavy atom. The molecule has 64 valence electrons. The third-order valence-electron chi connectivity index (χ3n) is 1.85. The van der Waals surface area contributed by atoms with E-state index in [2.05, 4.69) is 11.8 Å². The van der Waals surface area contributed by atoms with Crippen LogP contribution < -0.4 is 0 Å². The molecular formula is C9H10ClNO. The van der Waals surface area contributed by atoms with Crippen LogP contribution >= 0.6 is 11.6 Å². The van der Waals surface area contributed by atoms with Gasteiger partial charge in [-0.25, -0.2) is 0 Å². The quantitative estimate of drug-likeness (QED) is 0.487. The van der Waals surface area contributed by atoms with Crippen molar-refractivity contribution in [2.75, 3.05) is 0 Å². The average molecular weight is 184 g/mol. The van der Waals surface area contributed by atoms with E-state index in [1.807, 2.05) is 0 Å². The van der Waals surface area contributed by atoms with Gasteiger partial charge in [-0.05, 0) is 36.1 Å². The molecule has 0 amide bonds. The van der Waals surface area contributed by atoms with Crippen molar-refractivity contribution in [2.24, 2.45) is 5.18 Å². The Hall–Kier alpha value is -0.890. The van der Waals surface area contributed by atoms with E-state index in [0.29, 0.717) is 10.7 Å². The van der Waals surface area contributed by atoms with Crippen LogP contribution in [-0.4, -0.2) is 0 Å². The second-order valence-electron chi connectivity index (χ2n) is 2.62. The summed E-state index contributed by atoms with van der Waals surface area (Å²) in [6.07, 6.45) is 5.87. The van der Waals surface area contributed by atoms with E-state index in [1.165, 1.54) is 0 Å². The maximum absolute atomic E-state index is 10.3. The molecule has 0 aromatic rings. The summed E-state index contributed by atoms with van der Waals surface area (Å²) >= 11 is 5.89. The first-order chi connectivity index (χ1) is 5.79. The van der Waals surface area contributed by atoms with Gasteiger partial charge in [0.2, 0.25) is 0 Å². The van der Waals surface area contributed by atoms with Crippen LogP contribution in [0.1, 0.15) is 19.3 Å². The van der Waals surface area contributed by atoms with Crippen LogP contribution in [0.25, 0.3) is 0 Å². The van der Waals surface area contributed by atoms with Crippen LogP contribution in [0, 0.1) is 4.91 Å². The number of halogens is 1. The Morgan fingerprint density at radius 1 is 1.58 bits per heavy atom. The zero-order valence-electron chi connectivity index (χ0n) is 6.72. The van der Waals surface area contributed by atoms with Crippen molar-refractivity contribution in [3.8, 4) is 0 Å². The highest BCUT2D eigenvalue weighted by Crippen LogP contribution is 2.33. The first-order valence-electron chi connectivity index (χ1n) is 3.83. The molecule has 3 heteroatoms. The molecule has 0 saturated carbocycles. The van der Waals surface area contributed by atoms with Crippen molar-refractivity contribution in [1.82, 2.24) is 0 Å². The van der Waals surface area contributed by atoms with E-state index in [9.17, 15) is 4.91 Å². The van der Waals surface area contributed by atoms with Crippen molar-refractivity contribution in [2.45, 2.75) is 19.3 Å². The van der Waals surface area contributed by atoms with Crippen LogP contribution in [0.5, 0.6) is 0 Å². The van der Waals surface area contributed by atoms with Crippen molar-refractivity contribution < 1.29 is 0 Å². The maximum atomic E-state index is 10.3. The number of allylic oxidation sites excluding steroid dienone is 5. The van der Waals surface area contributed by atoms with Crippen LogP contribution in [0.3, 0.4) is 0 Å². The molecule has 0 fully saturated rings. The van der Waals surface area contributed by atoms with Gasteiger partial charge in [0.1, 0.15) is 0 Å². The average Bonchev–Trinajstić information content (AvgIpc) is 2.51. The number of hydrogen-bond acceptors (Lipinski definition) is 2. The van der Waals surface area contributed by atoms with Gasteiger partial charge in [0.15, 0.2) is 0 Å². The smallest absolute Gasteiger partial charge is 0.0895 e. The Balaban J connectivity index is 2.92. The molecule has 0 unspecified atom stereocenters. The Labute approximate surface area is 76.6 Å². The number of rotatable bonds is 3. The molecule has 1 aliphatic rings. The molecule has 0 atom stereocenters. The minimum absolute atomic E-state index is 0.595. The summed E-state index contributed by atoms with van der Waals surface area (Å²) in [7, 11) is 0. The standard InChI is InChI=1S/C9H10ClNO/c1-2-4-8(10)7-5-3-6-9(7)11-12/h2,4H,1,3,5-6H2/b8-4+. The van der Waals surface area contributed by atoms with Crippen molar-refractivity contribution >= 4 is 11.6 Å². The minimum Gasteiger partial charge on any atom is -0.145 e. The van der Waals surface area contributed by atoms with Gasteiger partial charge >= 0.3 is 0 Å². The van der Waals surface area contributed by atoms with Crippen LogP contribution in [-0.2, 0) is 0 Å². The topological polar surface area (TPSA) is 29.4 Å². The highest BCUT2D eigenvalue weighted by molar-refractivity contribution is 6.32. The number of nitrogens with zero attached hydrogens (tertiary/aromatic N) is 1. The normalized spacial score (nSPS) is 18.2. The molecule has 1 aliphatic carbocycles. The van der Waals surface area contributed by atoms with E-state index in [0.717, 1.165) is 24.8 Å². The predicted molar refractivity (Wildman–Crippen MR) is 50.8 cm³/mol. The lowest BCUT2D eigenvalue weighted by molar-refractivity contribution is 0.892. The number of nitroso groups, excluding NO2 is 1. The van der Waals surface area contributed by atoms with Gasteiger partial charge < -0.3 is 0 Å². The fourth-order valence-electron chi connectivity index (χ4n) is 1.29. The van der Waals surface area contributed by atoms with Crippen LogP contribution in [0.2, 0.25) is 0 Å².